The first-order valence-electron chi connectivity index (χ1n) is 5.68. The van der Waals surface area contributed by atoms with E-state index in [-0.39, 0.29) is 17.7 Å². The van der Waals surface area contributed by atoms with Crippen LogP contribution in [0.2, 0.25) is 0 Å². The molecule has 15 heavy (non-hydrogen) atoms. The maximum absolute atomic E-state index is 11.3. The van der Waals surface area contributed by atoms with Crippen molar-refractivity contribution in [2.75, 3.05) is 19.6 Å². The minimum Gasteiger partial charge on any atom is -0.354 e. The molecule has 0 aromatic carbocycles. The third-order valence-electron chi connectivity index (χ3n) is 2.57. The number of amides is 2. The van der Waals surface area contributed by atoms with Gasteiger partial charge in [0, 0.05) is 32.5 Å². The van der Waals surface area contributed by atoms with Crippen LogP contribution in [0, 0.1) is 5.92 Å². The smallest absolute Gasteiger partial charge is 0.223 e. The summed E-state index contributed by atoms with van der Waals surface area (Å²) in [7, 11) is 0. The Bertz CT molecular complexity index is 237. The molecular weight excluding hydrogens is 192 g/mol. The predicted octanol–water partition coefficient (Wildman–Crippen LogP) is 0.771. The normalized spacial score (nSPS) is 14.8. The van der Waals surface area contributed by atoms with Crippen LogP contribution in [0.1, 0.15) is 33.1 Å². The highest BCUT2D eigenvalue weighted by molar-refractivity contribution is 5.80. The predicted molar refractivity (Wildman–Crippen MR) is 58.3 cm³/mol. The van der Waals surface area contributed by atoms with Crippen molar-refractivity contribution in [2.45, 2.75) is 33.1 Å². The third kappa shape index (κ3) is 4.32. The Hall–Kier alpha value is -1.06. The molecule has 0 radical (unpaired) electrons. The summed E-state index contributed by atoms with van der Waals surface area (Å²) in [4.78, 5) is 24.2. The van der Waals surface area contributed by atoms with E-state index >= 15 is 0 Å². The molecule has 1 fully saturated rings. The van der Waals surface area contributed by atoms with Gasteiger partial charge in [-0.05, 0) is 19.3 Å². The third-order valence-corrected chi connectivity index (χ3v) is 2.57. The van der Waals surface area contributed by atoms with Gasteiger partial charge < -0.3 is 10.2 Å². The Labute approximate surface area is 91.0 Å². The van der Waals surface area contributed by atoms with Crippen molar-refractivity contribution in [2.24, 2.45) is 5.92 Å². The molecule has 86 valence electrons. The van der Waals surface area contributed by atoms with Gasteiger partial charge in [0.2, 0.25) is 11.8 Å². The van der Waals surface area contributed by atoms with Crippen LogP contribution in [0.25, 0.3) is 0 Å². The number of hydrogen-bond donors (Lipinski definition) is 1. The molecule has 0 spiro atoms. The maximum atomic E-state index is 11.3. The maximum Gasteiger partial charge on any atom is 0.223 e. The molecule has 0 atom stereocenters. The number of nitrogens with one attached hydrogen (secondary N) is 1. The van der Waals surface area contributed by atoms with E-state index in [1.807, 2.05) is 6.92 Å². The van der Waals surface area contributed by atoms with Crippen molar-refractivity contribution in [1.29, 1.82) is 0 Å². The highest BCUT2D eigenvalue weighted by Crippen LogP contribution is 2.28. The van der Waals surface area contributed by atoms with Crippen LogP contribution in [-0.2, 0) is 9.59 Å². The van der Waals surface area contributed by atoms with Crippen LogP contribution < -0.4 is 5.32 Å². The van der Waals surface area contributed by atoms with Gasteiger partial charge in [0.05, 0.1) is 0 Å². The van der Waals surface area contributed by atoms with Crippen molar-refractivity contribution < 1.29 is 9.59 Å². The monoisotopic (exact) mass is 212 g/mol. The molecule has 0 unspecified atom stereocenters. The summed E-state index contributed by atoms with van der Waals surface area (Å²) in [6.07, 6.45) is 3.00. The highest BCUT2D eigenvalue weighted by atomic mass is 16.2. The minimum atomic E-state index is 0.0810. The van der Waals surface area contributed by atoms with Crippen molar-refractivity contribution in [3.05, 3.63) is 0 Å². The molecule has 0 saturated heterocycles. The van der Waals surface area contributed by atoms with E-state index in [1.165, 1.54) is 0 Å². The number of rotatable bonds is 6. The topological polar surface area (TPSA) is 49.4 Å². The standard InChI is InChI=1S/C11H20N2O2/c1-3-7-13(9(2)14)8-6-12-11(15)10-4-5-10/h10H,3-8H2,1-2H3,(H,12,15). The van der Waals surface area contributed by atoms with Gasteiger partial charge in [0.15, 0.2) is 0 Å². The van der Waals surface area contributed by atoms with E-state index in [2.05, 4.69) is 5.32 Å². The number of hydrogen-bond acceptors (Lipinski definition) is 2. The molecule has 0 aliphatic heterocycles. The molecule has 1 aliphatic rings. The second-order valence-corrected chi connectivity index (χ2v) is 4.07. The minimum absolute atomic E-state index is 0.0810. The lowest BCUT2D eigenvalue weighted by Crippen LogP contribution is -2.38. The molecule has 2 amide bonds. The Morgan fingerprint density at radius 3 is 2.47 bits per heavy atom. The lowest BCUT2D eigenvalue weighted by atomic mass is 10.3. The summed E-state index contributed by atoms with van der Waals surface area (Å²) in [6.45, 7) is 5.59. The van der Waals surface area contributed by atoms with E-state index < -0.39 is 0 Å². The highest BCUT2D eigenvalue weighted by Gasteiger charge is 2.29. The fourth-order valence-electron chi connectivity index (χ4n) is 1.50. The Balaban J connectivity index is 2.15. The summed E-state index contributed by atoms with van der Waals surface area (Å²) in [5, 5.41) is 2.86. The van der Waals surface area contributed by atoms with Crippen LogP contribution in [-0.4, -0.2) is 36.3 Å². The van der Waals surface area contributed by atoms with Gasteiger partial charge >= 0.3 is 0 Å². The van der Waals surface area contributed by atoms with Crippen molar-refractivity contribution >= 4 is 11.8 Å². The van der Waals surface area contributed by atoms with Gasteiger partial charge in [-0.25, -0.2) is 0 Å². The van der Waals surface area contributed by atoms with Gasteiger partial charge in [-0.2, -0.15) is 0 Å². The number of carbonyl (C=O) groups excluding carboxylic acids is 2. The van der Waals surface area contributed by atoms with E-state index in [9.17, 15) is 9.59 Å². The lowest BCUT2D eigenvalue weighted by Gasteiger charge is -2.20. The number of carbonyl (C=O) groups is 2. The van der Waals surface area contributed by atoms with Gasteiger partial charge in [-0.3, -0.25) is 9.59 Å². The molecule has 4 nitrogen and oxygen atoms in total. The lowest BCUT2D eigenvalue weighted by molar-refractivity contribution is -0.129. The van der Waals surface area contributed by atoms with Crippen molar-refractivity contribution in [3.63, 3.8) is 0 Å². The zero-order valence-electron chi connectivity index (χ0n) is 9.58. The quantitative estimate of drug-likeness (QED) is 0.707. The van der Waals surface area contributed by atoms with E-state index in [4.69, 9.17) is 0 Å². The molecule has 1 rings (SSSR count). The number of nitrogens with zero attached hydrogens (tertiary/aromatic N) is 1. The van der Waals surface area contributed by atoms with Crippen LogP contribution in [0.4, 0.5) is 0 Å². The van der Waals surface area contributed by atoms with Crippen LogP contribution in [0.3, 0.4) is 0 Å². The van der Waals surface area contributed by atoms with Crippen LogP contribution in [0.5, 0.6) is 0 Å². The Morgan fingerprint density at radius 1 is 1.33 bits per heavy atom. The molecule has 4 heteroatoms. The Kier molecular flexibility index (Phi) is 4.59. The summed E-state index contributed by atoms with van der Waals surface area (Å²) in [5.74, 6) is 0.481. The molecule has 1 aliphatic carbocycles. The fraction of sp³-hybridized carbons (Fsp3) is 0.818. The van der Waals surface area contributed by atoms with Crippen molar-refractivity contribution in [3.8, 4) is 0 Å². The molecular formula is C11H20N2O2. The van der Waals surface area contributed by atoms with Crippen molar-refractivity contribution in [1.82, 2.24) is 10.2 Å². The summed E-state index contributed by atoms with van der Waals surface area (Å²) < 4.78 is 0. The molecule has 0 aromatic heterocycles. The molecule has 0 heterocycles. The van der Waals surface area contributed by atoms with E-state index in [0.717, 1.165) is 25.8 Å². The van der Waals surface area contributed by atoms with Gasteiger partial charge in [-0.15, -0.1) is 0 Å². The first-order valence-corrected chi connectivity index (χ1v) is 5.68. The van der Waals surface area contributed by atoms with Gasteiger partial charge in [0.1, 0.15) is 0 Å². The molecule has 1 N–H and O–H groups in total. The van der Waals surface area contributed by atoms with Crippen LogP contribution in [0.15, 0.2) is 0 Å². The van der Waals surface area contributed by atoms with Gasteiger partial charge in [-0.1, -0.05) is 6.92 Å². The Morgan fingerprint density at radius 2 is 2.00 bits per heavy atom. The zero-order valence-corrected chi connectivity index (χ0v) is 9.58. The summed E-state index contributed by atoms with van der Waals surface area (Å²) >= 11 is 0. The first kappa shape index (κ1) is 12.0. The molecule has 1 saturated carbocycles. The molecule has 0 aromatic rings. The first-order chi connectivity index (χ1) is 7.15. The summed E-state index contributed by atoms with van der Waals surface area (Å²) in [6, 6.07) is 0. The second-order valence-electron chi connectivity index (χ2n) is 4.07. The second kappa shape index (κ2) is 5.73. The zero-order chi connectivity index (χ0) is 11.3. The largest absolute Gasteiger partial charge is 0.354 e. The fourth-order valence-corrected chi connectivity index (χ4v) is 1.50. The SMILES string of the molecule is CCCN(CCNC(=O)C1CC1)C(C)=O. The average molecular weight is 212 g/mol. The summed E-state index contributed by atoms with van der Waals surface area (Å²) in [5.41, 5.74) is 0. The van der Waals surface area contributed by atoms with Gasteiger partial charge in [0.25, 0.3) is 0 Å². The van der Waals surface area contributed by atoms with E-state index in [1.54, 1.807) is 11.8 Å². The van der Waals surface area contributed by atoms with Crippen LogP contribution >= 0.6 is 0 Å². The average Bonchev–Trinajstić information content (AvgIpc) is 2.99. The van der Waals surface area contributed by atoms with E-state index in [0.29, 0.717) is 13.1 Å². The molecule has 0 bridgehead atoms.